The Kier molecular flexibility index (Phi) is 5.11. The molecule has 0 spiro atoms. The van der Waals surface area contributed by atoms with Gasteiger partial charge in [0.25, 0.3) is 0 Å². The first-order valence-corrected chi connectivity index (χ1v) is 7.06. The molecule has 2 aromatic rings. The normalized spacial score (nSPS) is 11.1. The van der Waals surface area contributed by atoms with E-state index >= 15 is 0 Å². The molecule has 2 aromatic carbocycles. The molecule has 0 radical (unpaired) electrons. The summed E-state index contributed by atoms with van der Waals surface area (Å²) < 4.78 is 5.76. The van der Waals surface area contributed by atoms with Gasteiger partial charge < -0.3 is 9.57 Å². The molecule has 0 aliphatic rings. The van der Waals surface area contributed by atoms with E-state index in [1.807, 2.05) is 30.3 Å². The van der Waals surface area contributed by atoms with Crippen LogP contribution in [0.15, 0.2) is 58.2 Å². The van der Waals surface area contributed by atoms with Crippen molar-refractivity contribution in [3.8, 4) is 5.75 Å². The maximum absolute atomic E-state index is 11.9. The maximum atomic E-state index is 11.9. The smallest absolute Gasteiger partial charge is 0.366 e. The highest BCUT2D eigenvalue weighted by Crippen LogP contribution is 2.17. The second kappa shape index (κ2) is 7.04. The molecular formula is C16H14BrNO3. The fourth-order valence-electron chi connectivity index (χ4n) is 1.67. The molecule has 0 atom stereocenters. The first-order valence-electron chi connectivity index (χ1n) is 6.26. The second-order valence-electron chi connectivity index (χ2n) is 4.26. The van der Waals surface area contributed by atoms with Crippen molar-refractivity contribution < 1.29 is 14.4 Å². The third-order valence-corrected chi connectivity index (χ3v) is 3.56. The van der Waals surface area contributed by atoms with Crippen LogP contribution in [0.2, 0.25) is 0 Å². The molecule has 0 N–H and O–H groups in total. The van der Waals surface area contributed by atoms with Gasteiger partial charge in [-0.25, -0.2) is 4.79 Å². The highest BCUT2D eigenvalue weighted by Gasteiger charge is 2.11. The van der Waals surface area contributed by atoms with E-state index in [0.29, 0.717) is 15.7 Å². The zero-order valence-electron chi connectivity index (χ0n) is 11.7. The minimum absolute atomic E-state index is 0.434. The summed E-state index contributed by atoms with van der Waals surface area (Å²) >= 11 is 3.30. The zero-order valence-corrected chi connectivity index (χ0v) is 13.3. The van der Waals surface area contributed by atoms with Crippen molar-refractivity contribution in [1.29, 1.82) is 0 Å². The molecule has 0 amide bonds. The van der Waals surface area contributed by atoms with Gasteiger partial charge in [0.05, 0.1) is 18.4 Å². The van der Waals surface area contributed by atoms with Gasteiger partial charge in [-0.1, -0.05) is 17.3 Å². The van der Waals surface area contributed by atoms with Crippen molar-refractivity contribution >= 4 is 27.6 Å². The standard InChI is InChI=1S/C16H14BrNO3/c1-11(12-7-9-13(20-2)10-8-12)18-21-16(19)14-5-3-4-6-15(14)17/h3-10H,1-2H3/b18-11+. The summed E-state index contributed by atoms with van der Waals surface area (Å²) in [6, 6.07) is 14.4. The second-order valence-corrected chi connectivity index (χ2v) is 5.12. The Bertz CT molecular complexity index is 665. The molecule has 5 heteroatoms. The topological polar surface area (TPSA) is 47.9 Å². The van der Waals surface area contributed by atoms with Crippen molar-refractivity contribution in [2.24, 2.45) is 5.16 Å². The number of nitrogens with zero attached hydrogens (tertiary/aromatic N) is 1. The summed E-state index contributed by atoms with van der Waals surface area (Å²) in [4.78, 5) is 16.9. The van der Waals surface area contributed by atoms with Crippen LogP contribution in [-0.4, -0.2) is 18.8 Å². The fraction of sp³-hybridized carbons (Fsp3) is 0.125. The number of ether oxygens (including phenoxy) is 1. The summed E-state index contributed by atoms with van der Waals surface area (Å²) in [5.74, 6) is 0.257. The van der Waals surface area contributed by atoms with Crippen LogP contribution in [0.5, 0.6) is 5.75 Å². The lowest BCUT2D eigenvalue weighted by atomic mass is 10.1. The Labute approximate surface area is 131 Å². The molecule has 2 rings (SSSR count). The first-order chi connectivity index (χ1) is 10.1. The predicted molar refractivity (Wildman–Crippen MR) is 84.8 cm³/mol. The van der Waals surface area contributed by atoms with E-state index in [-0.39, 0.29) is 0 Å². The van der Waals surface area contributed by atoms with Crippen LogP contribution in [0.1, 0.15) is 22.8 Å². The number of halogens is 1. The highest BCUT2D eigenvalue weighted by molar-refractivity contribution is 9.10. The zero-order chi connectivity index (χ0) is 15.2. The quantitative estimate of drug-likeness (QED) is 0.476. The molecule has 0 saturated carbocycles. The lowest BCUT2D eigenvalue weighted by Gasteiger charge is -2.04. The molecule has 4 nitrogen and oxygen atoms in total. The summed E-state index contributed by atoms with van der Waals surface area (Å²) in [5.41, 5.74) is 1.90. The van der Waals surface area contributed by atoms with Crippen molar-refractivity contribution in [3.63, 3.8) is 0 Å². The number of hydrogen-bond acceptors (Lipinski definition) is 4. The number of methoxy groups -OCH3 is 1. The first kappa shape index (κ1) is 15.3. The number of hydrogen-bond donors (Lipinski definition) is 0. The molecule has 108 valence electrons. The molecular weight excluding hydrogens is 334 g/mol. The van der Waals surface area contributed by atoms with Gasteiger partial charge in [-0.15, -0.1) is 0 Å². The lowest BCUT2D eigenvalue weighted by molar-refractivity contribution is 0.0515. The third-order valence-electron chi connectivity index (χ3n) is 2.87. The van der Waals surface area contributed by atoms with Gasteiger partial charge in [-0.05, 0) is 64.8 Å². The molecule has 0 fully saturated rings. The van der Waals surface area contributed by atoms with E-state index in [2.05, 4.69) is 21.1 Å². The van der Waals surface area contributed by atoms with Crippen molar-refractivity contribution in [2.45, 2.75) is 6.92 Å². The monoisotopic (exact) mass is 347 g/mol. The summed E-state index contributed by atoms with van der Waals surface area (Å²) in [7, 11) is 1.61. The van der Waals surface area contributed by atoms with Crippen LogP contribution in [0, 0.1) is 0 Å². The van der Waals surface area contributed by atoms with Crippen LogP contribution < -0.4 is 4.74 Å². The Hall–Kier alpha value is -2.14. The van der Waals surface area contributed by atoms with E-state index in [9.17, 15) is 4.79 Å². The maximum Gasteiger partial charge on any atom is 0.366 e. The van der Waals surface area contributed by atoms with Gasteiger partial charge in [0.15, 0.2) is 0 Å². The van der Waals surface area contributed by atoms with Gasteiger partial charge in [-0.3, -0.25) is 0 Å². The Morgan fingerprint density at radius 1 is 1.10 bits per heavy atom. The summed E-state index contributed by atoms with van der Waals surface area (Å²) in [5, 5.41) is 3.87. The minimum atomic E-state index is -0.504. The molecule has 0 aliphatic carbocycles. The minimum Gasteiger partial charge on any atom is -0.497 e. The van der Waals surface area contributed by atoms with Crippen LogP contribution in [0.25, 0.3) is 0 Å². The fourth-order valence-corrected chi connectivity index (χ4v) is 2.12. The molecule has 0 unspecified atom stereocenters. The van der Waals surface area contributed by atoms with E-state index in [1.54, 1.807) is 32.2 Å². The van der Waals surface area contributed by atoms with Gasteiger partial charge in [-0.2, -0.15) is 0 Å². The van der Waals surface area contributed by atoms with Gasteiger partial charge >= 0.3 is 5.97 Å². The number of carbonyl (C=O) groups excluding carboxylic acids is 1. The molecule has 21 heavy (non-hydrogen) atoms. The molecule has 0 bridgehead atoms. The Morgan fingerprint density at radius 2 is 1.76 bits per heavy atom. The van der Waals surface area contributed by atoms with E-state index in [0.717, 1.165) is 11.3 Å². The number of rotatable bonds is 4. The van der Waals surface area contributed by atoms with Crippen LogP contribution in [0.4, 0.5) is 0 Å². The highest BCUT2D eigenvalue weighted by atomic mass is 79.9. The van der Waals surface area contributed by atoms with E-state index in [1.165, 1.54) is 0 Å². The molecule has 0 aromatic heterocycles. The number of carbonyl (C=O) groups is 1. The number of oxime groups is 1. The Balaban J connectivity index is 2.09. The molecule has 0 heterocycles. The third kappa shape index (κ3) is 3.92. The average Bonchev–Trinajstić information content (AvgIpc) is 2.52. The van der Waals surface area contributed by atoms with E-state index in [4.69, 9.17) is 9.57 Å². The average molecular weight is 348 g/mol. The van der Waals surface area contributed by atoms with Crippen LogP contribution >= 0.6 is 15.9 Å². The Morgan fingerprint density at radius 3 is 2.38 bits per heavy atom. The molecule has 0 saturated heterocycles. The lowest BCUT2D eigenvalue weighted by Crippen LogP contribution is -2.04. The van der Waals surface area contributed by atoms with Gasteiger partial charge in [0, 0.05) is 4.47 Å². The SMILES string of the molecule is COc1ccc(/C(C)=N/OC(=O)c2ccccc2Br)cc1. The molecule has 0 aliphatic heterocycles. The van der Waals surface area contributed by atoms with Gasteiger partial charge in [0.1, 0.15) is 5.75 Å². The van der Waals surface area contributed by atoms with Crippen LogP contribution in [-0.2, 0) is 4.84 Å². The van der Waals surface area contributed by atoms with Gasteiger partial charge in [0.2, 0.25) is 0 Å². The van der Waals surface area contributed by atoms with E-state index < -0.39 is 5.97 Å². The number of benzene rings is 2. The predicted octanol–water partition coefficient (Wildman–Crippen LogP) is 4.04. The van der Waals surface area contributed by atoms with Crippen molar-refractivity contribution in [3.05, 3.63) is 64.1 Å². The van der Waals surface area contributed by atoms with Crippen molar-refractivity contribution in [1.82, 2.24) is 0 Å². The van der Waals surface area contributed by atoms with Crippen molar-refractivity contribution in [2.75, 3.05) is 7.11 Å². The largest absolute Gasteiger partial charge is 0.497 e. The summed E-state index contributed by atoms with van der Waals surface area (Å²) in [6.07, 6.45) is 0. The van der Waals surface area contributed by atoms with Crippen LogP contribution in [0.3, 0.4) is 0 Å². The summed E-state index contributed by atoms with van der Waals surface area (Å²) in [6.45, 7) is 1.77.